The number of anilines is 1. The maximum Gasteiger partial charge on any atom is 0.326 e. The van der Waals surface area contributed by atoms with Crippen LogP contribution in [0, 0.1) is 5.92 Å². The summed E-state index contributed by atoms with van der Waals surface area (Å²) in [5.41, 5.74) is 17.8. The SMILES string of the molecule is CCC(C)[C@H](NC(=O)c1cccc(NC(=O)[C@@H]2CCCN2C(=O)[C@H](CCCN=C(N)N)NC(=O)C(N)CC(=O)O)c1OC)C(=O)N[C@@H](Cc1cnc[nH]1)C(=O)N1CCC[C@H]1C(=O)N[C@@H](Cc1ccccc1)C(=O)O. The van der Waals surface area contributed by atoms with Crippen LogP contribution in [0.3, 0.4) is 0 Å². The molecule has 0 bridgehead atoms. The number of hydrogen-bond donors (Lipinski definition) is 11. The normalized spacial score (nSPS) is 17.6. The van der Waals surface area contributed by atoms with E-state index in [1.54, 1.807) is 37.3 Å². The number of carbonyl (C=O) groups excluding carboxylic acids is 7. The van der Waals surface area contributed by atoms with Gasteiger partial charge in [0, 0.05) is 44.4 Å². The van der Waals surface area contributed by atoms with Gasteiger partial charge in [-0.2, -0.15) is 0 Å². The standard InChI is InChI=1S/C49H67N13O12/c1-4-27(2)39(45(69)58-34(23-29-25-53-26-55-29)47(71)62-21-11-18-37(62)44(68)59-35(48(72)73)22-28-12-6-5-7-13-28)60-41(65)30-14-8-15-32(40(30)74-3)56-43(67)36-17-10-20-61(36)46(70)33(16-9-19-54-49(51)52)57-42(66)31(50)24-38(63)64/h5-8,12-15,25-27,31,33-37,39H,4,9-11,16-24,50H2,1-3H3,(H,53,55)(H,56,67)(H,57,66)(H,58,69)(H,59,68)(H,60,65)(H,63,64)(H,72,73)(H4,51,52,54)/t27?,31?,33-,34-,35-,36-,37-,39-/m0/s1. The second kappa shape index (κ2) is 27.1. The number of aromatic amines is 1. The van der Waals surface area contributed by atoms with Gasteiger partial charge >= 0.3 is 11.9 Å². The Morgan fingerprint density at radius 3 is 2.07 bits per heavy atom. The highest BCUT2D eigenvalue weighted by atomic mass is 16.5. The van der Waals surface area contributed by atoms with Gasteiger partial charge in [0.05, 0.1) is 37.2 Å². The molecule has 2 aliphatic rings. The molecule has 1 aromatic heterocycles. The van der Waals surface area contributed by atoms with Crippen LogP contribution in [-0.2, 0) is 51.2 Å². The summed E-state index contributed by atoms with van der Waals surface area (Å²) in [5.74, 6) is -8.21. The quantitative estimate of drug-likeness (QED) is 0.0271. The van der Waals surface area contributed by atoms with Gasteiger partial charge in [-0.05, 0) is 62.1 Å². The Bertz CT molecular complexity index is 2510. The highest BCUT2D eigenvalue weighted by Crippen LogP contribution is 2.31. The zero-order valence-corrected chi connectivity index (χ0v) is 41.6. The molecule has 0 radical (unpaired) electrons. The molecule has 14 N–H and O–H groups in total. The van der Waals surface area contributed by atoms with Crippen LogP contribution in [0.1, 0.15) is 86.8 Å². The number of nitrogens with one attached hydrogen (secondary N) is 6. The first kappa shape index (κ1) is 56.8. The molecule has 2 fully saturated rings. The van der Waals surface area contributed by atoms with Crippen LogP contribution < -0.4 is 48.5 Å². The van der Waals surface area contributed by atoms with Gasteiger partial charge in [-0.3, -0.25) is 43.3 Å². The summed E-state index contributed by atoms with van der Waals surface area (Å²) in [5, 5.41) is 32.6. The number of rotatable bonds is 26. The molecule has 3 aromatic rings. The third kappa shape index (κ3) is 15.5. The second-order valence-corrected chi connectivity index (χ2v) is 18.2. The number of aliphatic carboxylic acids is 2. The maximum atomic E-state index is 14.5. The van der Waals surface area contributed by atoms with Crippen molar-refractivity contribution in [2.45, 2.75) is 120 Å². The number of aliphatic imine (C=N–C) groups is 1. The van der Waals surface area contributed by atoms with E-state index in [-0.39, 0.29) is 81.1 Å². The number of aromatic nitrogens is 2. The molecule has 2 unspecified atom stereocenters. The fourth-order valence-corrected chi connectivity index (χ4v) is 8.89. The van der Waals surface area contributed by atoms with E-state index in [0.717, 1.165) is 0 Å². The summed E-state index contributed by atoms with van der Waals surface area (Å²) in [6.45, 7) is 3.95. The molecule has 0 aliphatic carbocycles. The van der Waals surface area contributed by atoms with Crippen LogP contribution in [0.4, 0.5) is 5.69 Å². The second-order valence-electron chi connectivity index (χ2n) is 18.2. The van der Waals surface area contributed by atoms with Crippen LogP contribution >= 0.6 is 0 Å². The number of hydrogen-bond acceptors (Lipinski definition) is 13. The lowest BCUT2D eigenvalue weighted by Gasteiger charge is -2.31. The third-order valence-corrected chi connectivity index (χ3v) is 13.0. The number of imidazole rings is 1. The van der Waals surface area contributed by atoms with E-state index in [4.69, 9.17) is 27.0 Å². The number of benzene rings is 2. The van der Waals surface area contributed by atoms with Crippen LogP contribution in [0.5, 0.6) is 5.75 Å². The number of ether oxygens (including phenoxy) is 1. The van der Waals surface area contributed by atoms with Gasteiger partial charge in [0.15, 0.2) is 11.7 Å². The highest BCUT2D eigenvalue weighted by molar-refractivity contribution is 6.05. The third-order valence-electron chi connectivity index (χ3n) is 13.0. The van der Waals surface area contributed by atoms with Crippen molar-refractivity contribution in [1.29, 1.82) is 0 Å². The summed E-state index contributed by atoms with van der Waals surface area (Å²) < 4.78 is 5.66. The van der Waals surface area contributed by atoms with Crippen molar-refractivity contribution in [2.24, 2.45) is 28.1 Å². The smallest absolute Gasteiger partial charge is 0.326 e. The lowest BCUT2D eigenvalue weighted by molar-refractivity contribution is -0.145. The van der Waals surface area contributed by atoms with Crippen molar-refractivity contribution in [3.8, 4) is 5.75 Å². The fourth-order valence-electron chi connectivity index (χ4n) is 8.89. The van der Waals surface area contributed by atoms with Gasteiger partial charge < -0.3 is 73.5 Å². The van der Waals surface area contributed by atoms with Crippen molar-refractivity contribution in [3.05, 3.63) is 77.9 Å². The molecule has 0 spiro atoms. The predicted octanol–water partition coefficient (Wildman–Crippen LogP) is -0.637. The van der Waals surface area contributed by atoms with Gasteiger partial charge in [-0.15, -0.1) is 0 Å². The minimum Gasteiger partial charge on any atom is -0.494 e. The maximum absolute atomic E-state index is 14.5. The fraction of sp³-hybridized carbons (Fsp3) is 0.490. The number of amides is 7. The molecule has 3 heterocycles. The van der Waals surface area contributed by atoms with Gasteiger partial charge in [0.2, 0.25) is 35.4 Å². The summed E-state index contributed by atoms with van der Waals surface area (Å²) in [7, 11) is 1.28. The topological polar surface area (TPSA) is 389 Å². The average molecular weight is 1030 g/mol. The van der Waals surface area contributed by atoms with Crippen molar-refractivity contribution in [2.75, 3.05) is 32.1 Å². The molecule has 7 amide bonds. The van der Waals surface area contributed by atoms with Crippen LogP contribution in [0.25, 0.3) is 0 Å². The Hall–Kier alpha value is -8.09. The van der Waals surface area contributed by atoms with E-state index in [0.29, 0.717) is 30.5 Å². The van der Waals surface area contributed by atoms with E-state index in [1.807, 2.05) is 6.92 Å². The van der Waals surface area contributed by atoms with E-state index in [9.17, 15) is 48.3 Å². The monoisotopic (exact) mass is 1030 g/mol. The molecule has 2 aliphatic heterocycles. The molecular weight excluding hydrogens is 963 g/mol. The van der Waals surface area contributed by atoms with Gasteiger partial charge in [-0.1, -0.05) is 56.7 Å². The predicted molar refractivity (Wildman–Crippen MR) is 268 cm³/mol. The van der Waals surface area contributed by atoms with Crippen molar-refractivity contribution in [3.63, 3.8) is 0 Å². The molecule has 5 rings (SSSR count). The molecular formula is C49H67N13O12. The summed E-state index contributed by atoms with van der Waals surface area (Å²) in [4.78, 5) is 135. The Morgan fingerprint density at radius 2 is 1.47 bits per heavy atom. The molecule has 400 valence electrons. The van der Waals surface area contributed by atoms with Crippen LogP contribution in [0.2, 0.25) is 0 Å². The zero-order chi connectivity index (χ0) is 54.1. The number of para-hydroxylation sites is 1. The number of H-pyrrole nitrogens is 1. The molecule has 74 heavy (non-hydrogen) atoms. The highest BCUT2D eigenvalue weighted by Gasteiger charge is 2.41. The van der Waals surface area contributed by atoms with Gasteiger partial charge in [0.1, 0.15) is 36.3 Å². The first-order valence-corrected chi connectivity index (χ1v) is 24.4. The molecule has 8 atom stereocenters. The lowest BCUT2D eigenvalue weighted by Crippen LogP contribution is -2.59. The molecule has 2 aromatic carbocycles. The van der Waals surface area contributed by atoms with Gasteiger partial charge in [-0.25, -0.2) is 9.78 Å². The minimum atomic E-state index is -1.46. The number of guanidine groups is 1. The molecule has 0 saturated carbocycles. The van der Waals surface area contributed by atoms with E-state index in [2.05, 4.69) is 41.5 Å². The van der Waals surface area contributed by atoms with E-state index in [1.165, 1.54) is 47.6 Å². The Labute approximate surface area is 427 Å². The largest absolute Gasteiger partial charge is 0.494 e. The number of nitrogens with zero attached hydrogens (tertiary/aromatic N) is 4. The number of carbonyl (C=O) groups is 9. The number of carboxylic acid groups (broad SMARTS) is 2. The Morgan fingerprint density at radius 1 is 0.824 bits per heavy atom. The summed E-state index contributed by atoms with van der Waals surface area (Å²) >= 11 is 0. The Balaban J connectivity index is 1.32. The number of methoxy groups -OCH3 is 1. The zero-order valence-electron chi connectivity index (χ0n) is 41.6. The van der Waals surface area contributed by atoms with Crippen molar-refractivity contribution >= 4 is 64.9 Å². The average Bonchev–Trinajstić information content (AvgIpc) is 4.19. The van der Waals surface area contributed by atoms with Crippen molar-refractivity contribution in [1.82, 2.24) is 41.0 Å². The van der Waals surface area contributed by atoms with E-state index < -0.39 is 108 Å². The van der Waals surface area contributed by atoms with E-state index >= 15 is 0 Å². The number of likely N-dealkylation sites (tertiary alicyclic amines) is 2. The van der Waals surface area contributed by atoms with Crippen LogP contribution in [0.15, 0.2) is 66.0 Å². The first-order valence-electron chi connectivity index (χ1n) is 24.4. The lowest BCUT2D eigenvalue weighted by atomic mass is 9.96. The molecule has 25 nitrogen and oxygen atoms in total. The van der Waals surface area contributed by atoms with Crippen molar-refractivity contribution < 1.29 is 58.1 Å². The first-order chi connectivity index (χ1) is 35.3. The number of carboxylic acids is 2. The van der Waals surface area contributed by atoms with Crippen LogP contribution in [-0.4, -0.2) is 158 Å². The number of nitrogens with two attached hydrogens (primary N) is 3. The summed E-state index contributed by atoms with van der Waals surface area (Å²) in [6, 6.07) is 4.66. The minimum absolute atomic E-state index is 0.0157. The molecule has 25 heteroatoms. The Kier molecular flexibility index (Phi) is 20.8. The summed E-state index contributed by atoms with van der Waals surface area (Å²) in [6.07, 6.45) is 4.13. The van der Waals surface area contributed by atoms with Gasteiger partial charge in [0.25, 0.3) is 5.91 Å². The molecule has 2 saturated heterocycles.